The van der Waals surface area contributed by atoms with Gasteiger partial charge in [0.25, 0.3) is 0 Å². The van der Waals surface area contributed by atoms with Gasteiger partial charge in [-0.15, -0.1) is 0 Å². The molecule has 1 N–H and O–H groups in total. The lowest BCUT2D eigenvalue weighted by atomic mass is 9.99. The Hall–Kier alpha value is -0.820. The van der Waals surface area contributed by atoms with Crippen LogP contribution in [0.4, 0.5) is 0 Å². The Kier molecular flexibility index (Phi) is 9.19. The summed E-state index contributed by atoms with van der Waals surface area (Å²) in [4.78, 5) is 0. The summed E-state index contributed by atoms with van der Waals surface area (Å²) in [6, 6.07) is 0. The van der Waals surface area contributed by atoms with Gasteiger partial charge in [0.1, 0.15) is 0 Å². The van der Waals surface area contributed by atoms with E-state index in [2.05, 4.69) is 43.5 Å². The van der Waals surface area contributed by atoms with Crippen LogP contribution < -0.4 is 5.32 Å². The van der Waals surface area contributed by atoms with Crippen LogP contribution in [-0.4, -0.2) is 13.1 Å². The second kappa shape index (κ2) is 9.72. The normalized spacial score (nSPS) is 17.1. The fourth-order valence-corrected chi connectivity index (χ4v) is 1.59. The second-order valence-electron chi connectivity index (χ2n) is 3.25. The second-order valence-corrected chi connectivity index (χ2v) is 3.25. The van der Waals surface area contributed by atoms with Crippen LogP contribution in [0, 0.1) is 0 Å². The van der Waals surface area contributed by atoms with Crippen molar-refractivity contribution in [2.45, 2.75) is 40.5 Å². The fraction of sp³-hybridized carbons (Fsp3) is 0.571. The first-order chi connectivity index (χ1) is 7.38. The first-order valence-corrected chi connectivity index (χ1v) is 6.11. The molecule has 1 aliphatic heterocycles. The van der Waals surface area contributed by atoms with Crippen LogP contribution in [0.3, 0.4) is 0 Å². The molecule has 0 fully saturated rings. The molecule has 1 nitrogen and oxygen atoms in total. The van der Waals surface area contributed by atoms with Gasteiger partial charge >= 0.3 is 0 Å². The fourth-order valence-electron chi connectivity index (χ4n) is 1.59. The predicted molar refractivity (Wildman–Crippen MR) is 70.1 cm³/mol. The summed E-state index contributed by atoms with van der Waals surface area (Å²) in [5, 5.41) is 3.33. The lowest BCUT2D eigenvalue weighted by molar-refractivity contribution is 0.709. The van der Waals surface area contributed by atoms with Gasteiger partial charge in [0.15, 0.2) is 0 Å². The predicted octanol–water partition coefficient (Wildman–Crippen LogP) is 3.84. The molecule has 0 atom stereocenters. The highest BCUT2D eigenvalue weighted by Crippen LogP contribution is 2.17. The molecule has 1 heteroatoms. The minimum atomic E-state index is 1.02. The average Bonchev–Trinajstić information content (AvgIpc) is 2.33. The van der Waals surface area contributed by atoms with Gasteiger partial charge in [0, 0.05) is 6.54 Å². The lowest BCUT2D eigenvalue weighted by Crippen LogP contribution is -2.20. The Morgan fingerprint density at radius 2 is 2.20 bits per heavy atom. The summed E-state index contributed by atoms with van der Waals surface area (Å²) in [6.45, 7) is 10.4. The zero-order chi connectivity index (χ0) is 11.5. The molecular formula is C14H25N. The van der Waals surface area contributed by atoms with E-state index in [4.69, 9.17) is 0 Å². The Bertz CT molecular complexity index is 234. The van der Waals surface area contributed by atoms with Gasteiger partial charge < -0.3 is 5.32 Å². The largest absolute Gasteiger partial charge is 0.313 e. The van der Waals surface area contributed by atoms with Crippen molar-refractivity contribution in [2.24, 2.45) is 0 Å². The molecule has 1 aliphatic rings. The van der Waals surface area contributed by atoms with Gasteiger partial charge in [-0.1, -0.05) is 45.1 Å². The summed E-state index contributed by atoms with van der Waals surface area (Å²) >= 11 is 0. The van der Waals surface area contributed by atoms with E-state index in [9.17, 15) is 0 Å². The van der Waals surface area contributed by atoms with Crippen molar-refractivity contribution in [3.8, 4) is 0 Å². The number of allylic oxidation sites excluding steroid dienone is 4. The molecule has 0 bridgehead atoms. The molecule has 0 aromatic heterocycles. The van der Waals surface area contributed by atoms with Crippen LogP contribution in [0.5, 0.6) is 0 Å². The minimum Gasteiger partial charge on any atom is -0.313 e. The first kappa shape index (κ1) is 14.2. The quantitative estimate of drug-likeness (QED) is 0.693. The number of hydrogen-bond acceptors (Lipinski definition) is 1. The first-order valence-electron chi connectivity index (χ1n) is 6.11. The third kappa shape index (κ3) is 5.58. The van der Waals surface area contributed by atoms with Crippen molar-refractivity contribution in [1.29, 1.82) is 0 Å². The SMILES string of the molecule is C/C=C\C(=C/CC)C1=CCNCC1.CC. The smallest absolute Gasteiger partial charge is 0.0140 e. The van der Waals surface area contributed by atoms with Crippen molar-refractivity contribution < 1.29 is 0 Å². The third-order valence-corrected chi connectivity index (χ3v) is 2.20. The van der Waals surface area contributed by atoms with Crippen LogP contribution in [0.1, 0.15) is 40.5 Å². The van der Waals surface area contributed by atoms with Crippen LogP contribution in [-0.2, 0) is 0 Å². The van der Waals surface area contributed by atoms with Gasteiger partial charge in [0.05, 0.1) is 0 Å². The monoisotopic (exact) mass is 207 g/mol. The van der Waals surface area contributed by atoms with Crippen LogP contribution in [0.25, 0.3) is 0 Å². The summed E-state index contributed by atoms with van der Waals surface area (Å²) in [5.41, 5.74) is 2.91. The standard InChI is InChI=1S/C12H19N.C2H6/c1-3-5-11(6-4-2)12-7-9-13-10-8-12;1-2/h3,5-7,13H,4,8-10H2,1-2H3;1-2H3/b5-3-,11-6+;. The lowest BCUT2D eigenvalue weighted by Gasteiger charge is -2.14. The summed E-state index contributed by atoms with van der Waals surface area (Å²) in [6.07, 6.45) is 11.2. The molecule has 0 aliphatic carbocycles. The Morgan fingerprint density at radius 3 is 2.67 bits per heavy atom. The number of rotatable bonds is 3. The Morgan fingerprint density at radius 1 is 1.47 bits per heavy atom. The maximum absolute atomic E-state index is 3.33. The van der Waals surface area contributed by atoms with E-state index in [1.54, 1.807) is 0 Å². The molecule has 15 heavy (non-hydrogen) atoms. The Labute approximate surface area is 95.0 Å². The van der Waals surface area contributed by atoms with Gasteiger partial charge in [-0.3, -0.25) is 0 Å². The molecule has 0 unspecified atom stereocenters. The maximum atomic E-state index is 3.33. The molecule has 1 rings (SSSR count). The zero-order valence-corrected chi connectivity index (χ0v) is 10.6. The highest BCUT2D eigenvalue weighted by Gasteiger charge is 2.04. The van der Waals surface area contributed by atoms with E-state index in [0.29, 0.717) is 0 Å². The van der Waals surface area contributed by atoms with E-state index in [0.717, 1.165) is 25.9 Å². The highest BCUT2D eigenvalue weighted by atomic mass is 14.8. The number of hydrogen-bond donors (Lipinski definition) is 1. The summed E-state index contributed by atoms with van der Waals surface area (Å²) in [5.74, 6) is 0. The van der Waals surface area contributed by atoms with E-state index >= 15 is 0 Å². The molecule has 0 spiro atoms. The van der Waals surface area contributed by atoms with Gasteiger partial charge in [0.2, 0.25) is 0 Å². The van der Waals surface area contributed by atoms with Gasteiger partial charge in [-0.05, 0) is 37.5 Å². The van der Waals surface area contributed by atoms with E-state index in [1.165, 1.54) is 11.1 Å². The molecule has 0 radical (unpaired) electrons. The molecular weight excluding hydrogens is 182 g/mol. The molecule has 0 aromatic carbocycles. The van der Waals surface area contributed by atoms with Crippen molar-refractivity contribution in [2.75, 3.05) is 13.1 Å². The van der Waals surface area contributed by atoms with Crippen molar-refractivity contribution >= 4 is 0 Å². The molecule has 86 valence electrons. The van der Waals surface area contributed by atoms with E-state index < -0.39 is 0 Å². The third-order valence-electron chi connectivity index (χ3n) is 2.20. The average molecular weight is 207 g/mol. The van der Waals surface area contributed by atoms with Gasteiger partial charge in [-0.25, -0.2) is 0 Å². The van der Waals surface area contributed by atoms with Gasteiger partial charge in [-0.2, -0.15) is 0 Å². The van der Waals surface area contributed by atoms with Crippen molar-refractivity contribution in [3.05, 3.63) is 35.5 Å². The topological polar surface area (TPSA) is 12.0 Å². The maximum Gasteiger partial charge on any atom is 0.0140 e. The molecule has 0 amide bonds. The van der Waals surface area contributed by atoms with E-state index in [-0.39, 0.29) is 0 Å². The van der Waals surface area contributed by atoms with E-state index in [1.807, 2.05) is 13.8 Å². The summed E-state index contributed by atoms with van der Waals surface area (Å²) < 4.78 is 0. The highest BCUT2D eigenvalue weighted by molar-refractivity contribution is 5.40. The molecule has 0 aromatic rings. The van der Waals surface area contributed by atoms with Crippen LogP contribution >= 0.6 is 0 Å². The number of nitrogens with one attached hydrogen (secondary N) is 1. The Balaban J connectivity index is 0.000000921. The molecule has 1 heterocycles. The minimum absolute atomic E-state index is 1.02. The van der Waals surface area contributed by atoms with Crippen molar-refractivity contribution in [3.63, 3.8) is 0 Å². The van der Waals surface area contributed by atoms with Crippen LogP contribution in [0.2, 0.25) is 0 Å². The zero-order valence-electron chi connectivity index (χ0n) is 10.6. The van der Waals surface area contributed by atoms with Crippen LogP contribution in [0.15, 0.2) is 35.5 Å². The van der Waals surface area contributed by atoms with Crippen molar-refractivity contribution in [1.82, 2.24) is 5.32 Å². The molecule has 0 saturated heterocycles. The molecule has 0 saturated carbocycles. The summed E-state index contributed by atoms with van der Waals surface area (Å²) in [7, 11) is 0.